The Kier molecular flexibility index (Phi) is 6.52. The lowest BCUT2D eigenvalue weighted by molar-refractivity contribution is 0.372. The first-order chi connectivity index (χ1) is 14.5. The molecule has 0 heterocycles. The molecule has 0 radical (unpaired) electrons. The zero-order valence-electron chi connectivity index (χ0n) is 17.5. The van der Waals surface area contributed by atoms with Gasteiger partial charge < -0.3 is 24.4 Å². The fraction of sp³-hybridized carbons (Fsp3) is 0.200. The summed E-state index contributed by atoms with van der Waals surface area (Å²) >= 11 is 0. The molecule has 3 rings (SSSR count). The van der Waals surface area contributed by atoms with E-state index in [2.05, 4.69) is 6.92 Å². The van der Waals surface area contributed by atoms with Crippen LogP contribution in [0, 0.1) is 0 Å². The minimum absolute atomic E-state index is 0.0560. The molecule has 0 amide bonds. The lowest BCUT2D eigenvalue weighted by Crippen LogP contribution is -2.04. The van der Waals surface area contributed by atoms with Crippen molar-refractivity contribution in [2.45, 2.75) is 12.8 Å². The van der Waals surface area contributed by atoms with E-state index in [1.807, 2.05) is 48.6 Å². The van der Waals surface area contributed by atoms with Crippen molar-refractivity contribution in [3.63, 3.8) is 0 Å². The maximum absolute atomic E-state index is 9.90. The van der Waals surface area contributed by atoms with Crippen LogP contribution in [0.2, 0.25) is 0 Å². The Morgan fingerprint density at radius 3 is 1.83 bits per heavy atom. The molecule has 0 saturated carbocycles. The van der Waals surface area contributed by atoms with E-state index in [1.165, 1.54) is 7.11 Å². The van der Waals surface area contributed by atoms with Gasteiger partial charge in [-0.3, -0.25) is 0 Å². The van der Waals surface area contributed by atoms with Crippen molar-refractivity contribution in [3.8, 4) is 28.7 Å². The van der Waals surface area contributed by atoms with Crippen LogP contribution in [0.3, 0.4) is 0 Å². The maximum Gasteiger partial charge on any atom is 0.160 e. The summed E-state index contributed by atoms with van der Waals surface area (Å²) in [6.07, 6.45) is 3.93. The Morgan fingerprint density at radius 2 is 1.27 bits per heavy atom. The van der Waals surface area contributed by atoms with Crippen LogP contribution in [-0.2, 0) is 0 Å². The minimum atomic E-state index is -0.0560. The molecular formula is C25H26O5. The minimum Gasteiger partial charge on any atom is -0.508 e. The summed E-state index contributed by atoms with van der Waals surface area (Å²) in [5.41, 5.74) is 3.78. The van der Waals surface area contributed by atoms with Crippen molar-refractivity contribution in [1.82, 2.24) is 0 Å². The topological polar surface area (TPSA) is 68.2 Å². The van der Waals surface area contributed by atoms with E-state index in [4.69, 9.17) is 14.2 Å². The highest BCUT2D eigenvalue weighted by molar-refractivity contribution is 5.72. The Hall–Kier alpha value is -3.60. The first-order valence-corrected chi connectivity index (χ1v) is 9.56. The monoisotopic (exact) mass is 406 g/mol. The normalized spacial score (nSPS) is 12.0. The lowest BCUT2D eigenvalue weighted by atomic mass is 9.90. The molecule has 1 unspecified atom stereocenters. The number of hydrogen-bond acceptors (Lipinski definition) is 5. The number of methoxy groups -OCH3 is 3. The number of hydrogen-bond donors (Lipinski definition) is 2. The molecule has 5 heteroatoms. The summed E-state index contributed by atoms with van der Waals surface area (Å²) in [5, 5.41) is 19.3. The third-order valence-electron chi connectivity index (χ3n) is 5.06. The molecule has 3 aromatic carbocycles. The number of benzene rings is 3. The van der Waals surface area contributed by atoms with Crippen molar-refractivity contribution in [2.75, 3.05) is 21.3 Å². The molecule has 30 heavy (non-hydrogen) atoms. The second-order valence-electron chi connectivity index (χ2n) is 6.92. The molecule has 0 fully saturated rings. The van der Waals surface area contributed by atoms with Crippen LogP contribution in [0.15, 0.2) is 54.6 Å². The van der Waals surface area contributed by atoms with Gasteiger partial charge in [0.05, 0.1) is 21.3 Å². The van der Waals surface area contributed by atoms with Crippen LogP contribution in [0.5, 0.6) is 28.7 Å². The van der Waals surface area contributed by atoms with Crippen LogP contribution in [0.4, 0.5) is 0 Å². The first kappa shape index (κ1) is 21.1. The molecule has 3 aromatic rings. The number of aromatic hydroxyl groups is 2. The van der Waals surface area contributed by atoms with Gasteiger partial charge in [-0.15, -0.1) is 0 Å². The largest absolute Gasteiger partial charge is 0.508 e. The lowest BCUT2D eigenvalue weighted by Gasteiger charge is -2.21. The number of rotatable bonds is 7. The van der Waals surface area contributed by atoms with E-state index in [1.54, 1.807) is 32.4 Å². The Labute approximate surface area is 176 Å². The van der Waals surface area contributed by atoms with Crippen molar-refractivity contribution < 1.29 is 24.4 Å². The van der Waals surface area contributed by atoms with Crippen molar-refractivity contribution in [3.05, 3.63) is 76.9 Å². The smallest absolute Gasteiger partial charge is 0.160 e. The van der Waals surface area contributed by atoms with E-state index in [-0.39, 0.29) is 17.4 Å². The Morgan fingerprint density at radius 1 is 0.700 bits per heavy atom. The van der Waals surface area contributed by atoms with Crippen LogP contribution in [0.25, 0.3) is 12.2 Å². The van der Waals surface area contributed by atoms with Crippen molar-refractivity contribution in [1.29, 1.82) is 0 Å². The van der Waals surface area contributed by atoms with E-state index in [9.17, 15) is 10.2 Å². The molecule has 1 atom stereocenters. The Balaban J connectivity index is 1.99. The van der Waals surface area contributed by atoms with E-state index >= 15 is 0 Å². The zero-order valence-corrected chi connectivity index (χ0v) is 17.5. The van der Waals surface area contributed by atoms with E-state index < -0.39 is 0 Å². The first-order valence-electron chi connectivity index (χ1n) is 9.56. The molecule has 0 aliphatic heterocycles. The summed E-state index contributed by atoms with van der Waals surface area (Å²) in [5.74, 6) is 2.12. The molecule has 0 aromatic heterocycles. The van der Waals surface area contributed by atoms with Gasteiger partial charge in [-0.05, 0) is 53.1 Å². The summed E-state index contributed by atoms with van der Waals surface area (Å²) in [4.78, 5) is 0. The average molecular weight is 406 g/mol. The quantitative estimate of drug-likeness (QED) is 0.511. The van der Waals surface area contributed by atoms with Gasteiger partial charge in [0, 0.05) is 11.5 Å². The predicted octanol–water partition coefficient (Wildman–Crippen LogP) is 5.45. The molecular weight excluding hydrogens is 380 g/mol. The highest BCUT2D eigenvalue weighted by Crippen LogP contribution is 2.41. The maximum atomic E-state index is 9.90. The average Bonchev–Trinajstić information content (AvgIpc) is 2.77. The van der Waals surface area contributed by atoms with Gasteiger partial charge in [0.1, 0.15) is 17.2 Å². The second kappa shape index (κ2) is 9.27. The molecule has 2 N–H and O–H groups in total. The molecule has 0 saturated heterocycles. The van der Waals surface area contributed by atoms with E-state index in [0.29, 0.717) is 17.2 Å². The van der Waals surface area contributed by atoms with Crippen LogP contribution >= 0.6 is 0 Å². The standard InChI is InChI=1S/C25H26O5/c1-16(19-9-12-21(27)22(15-19)28-2)25-23(29-3)13-18(14-24(25)30-4)6-5-17-7-10-20(26)11-8-17/h5-16,26-27H,1-4H3. The molecule has 0 bridgehead atoms. The van der Waals surface area contributed by atoms with Gasteiger partial charge in [0.2, 0.25) is 0 Å². The molecule has 0 aliphatic rings. The highest BCUT2D eigenvalue weighted by Gasteiger charge is 2.21. The third-order valence-corrected chi connectivity index (χ3v) is 5.06. The fourth-order valence-electron chi connectivity index (χ4n) is 3.39. The van der Waals surface area contributed by atoms with Gasteiger partial charge in [0.25, 0.3) is 0 Å². The second-order valence-corrected chi connectivity index (χ2v) is 6.92. The van der Waals surface area contributed by atoms with Crippen LogP contribution in [-0.4, -0.2) is 31.5 Å². The molecule has 0 aliphatic carbocycles. The van der Waals surface area contributed by atoms with Gasteiger partial charge in [-0.25, -0.2) is 0 Å². The van der Waals surface area contributed by atoms with Gasteiger partial charge in [-0.1, -0.05) is 37.3 Å². The number of phenols is 2. The van der Waals surface area contributed by atoms with Gasteiger partial charge in [0.15, 0.2) is 11.5 Å². The van der Waals surface area contributed by atoms with Gasteiger partial charge in [-0.2, -0.15) is 0 Å². The zero-order chi connectivity index (χ0) is 21.7. The molecule has 156 valence electrons. The fourth-order valence-corrected chi connectivity index (χ4v) is 3.39. The highest BCUT2D eigenvalue weighted by atomic mass is 16.5. The SMILES string of the molecule is COc1cc(C(C)c2c(OC)cc(C=Cc3ccc(O)cc3)cc2OC)ccc1O. The van der Waals surface area contributed by atoms with Crippen molar-refractivity contribution >= 4 is 12.2 Å². The summed E-state index contributed by atoms with van der Waals surface area (Å²) in [7, 11) is 4.80. The summed E-state index contributed by atoms with van der Waals surface area (Å²) in [6, 6.07) is 16.2. The van der Waals surface area contributed by atoms with E-state index in [0.717, 1.165) is 22.3 Å². The van der Waals surface area contributed by atoms with Crippen LogP contribution in [0.1, 0.15) is 35.1 Å². The molecule has 5 nitrogen and oxygen atoms in total. The van der Waals surface area contributed by atoms with Crippen LogP contribution < -0.4 is 14.2 Å². The molecule has 0 spiro atoms. The van der Waals surface area contributed by atoms with Gasteiger partial charge >= 0.3 is 0 Å². The van der Waals surface area contributed by atoms with Crippen molar-refractivity contribution in [2.24, 2.45) is 0 Å². The summed E-state index contributed by atoms with van der Waals surface area (Å²) < 4.78 is 16.6. The number of ether oxygens (including phenoxy) is 3. The summed E-state index contributed by atoms with van der Waals surface area (Å²) in [6.45, 7) is 2.05. The Bertz CT molecular complexity index is 1010. The number of phenolic OH excluding ortho intramolecular Hbond substituents is 2. The third kappa shape index (κ3) is 4.51. The predicted molar refractivity (Wildman–Crippen MR) is 119 cm³/mol.